The van der Waals surface area contributed by atoms with Crippen molar-refractivity contribution in [1.29, 1.82) is 0 Å². The van der Waals surface area contributed by atoms with Crippen molar-refractivity contribution >= 4 is 5.91 Å². The summed E-state index contributed by atoms with van der Waals surface area (Å²) >= 11 is 0. The predicted molar refractivity (Wildman–Crippen MR) is 271 cm³/mol. The smallest absolute Gasteiger partial charge is 0.220 e. The zero-order chi connectivity index (χ0) is 44.2. The number of unbranched alkanes of at least 4 members (excludes halogenated alkanes) is 28. The van der Waals surface area contributed by atoms with Gasteiger partial charge in [0, 0.05) is 6.42 Å². The van der Waals surface area contributed by atoms with Gasteiger partial charge in [-0.15, -0.1) is 0 Å². The fourth-order valence-electron chi connectivity index (χ4n) is 7.68. The SMILES string of the molecule is CC/C=C\C/C=C\C/C=C\C/C=C\CCCCCCCCCCCCCCCCCCCCCCCCCCCCC(=O)NC(CO)C(O)/C=C/CC/C=C/CC/C=C/CC. The van der Waals surface area contributed by atoms with E-state index in [9.17, 15) is 15.0 Å². The first-order valence-corrected chi connectivity index (χ1v) is 26.3. The van der Waals surface area contributed by atoms with Crippen LogP contribution in [0.3, 0.4) is 0 Å². The topological polar surface area (TPSA) is 69.6 Å². The van der Waals surface area contributed by atoms with Crippen molar-refractivity contribution in [2.75, 3.05) is 6.61 Å². The molecule has 0 aliphatic carbocycles. The van der Waals surface area contributed by atoms with Gasteiger partial charge in [0.15, 0.2) is 0 Å². The molecule has 0 saturated carbocycles. The monoisotopic (exact) mass is 848 g/mol. The van der Waals surface area contributed by atoms with E-state index in [1.807, 2.05) is 6.08 Å². The number of amides is 1. The maximum absolute atomic E-state index is 12.4. The summed E-state index contributed by atoms with van der Waals surface area (Å²) in [6.07, 6.45) is 76.2. The van der Waals surface area contributed by atoms with Gasteiger partial charge in [0.05, 0.1) is 18.8 Å². The van der Waals surface area contributed by atoms with Crippen LogP contribution < -0.4 is 5.32 Å². The van der Waals surface area contributed by atoms with Crippen LogP contribution in [0.4, 0.5) is 0 Å². The molecule has 4 heteroatoms. The summed E-state index contributed by atoms with van der Waals surface area (Å²) in [6, 6.07) is -0.644. The number of aliphatic hydroxyl groups excluding tert-OH is 2. The van der Waals surface area contributed by atoms with Gasteiger partial charge in [-0.3, -0.25) is 4.79 Å². The molecule has 0 spiro atoms. The third-order valence-electron chi connectivity index (χ3n) is 11.6. The minimum absolute atomic E-state index is 0.0792. The molecule has 0 heterocycles. The molecule has 0 rings (SSSR count). The van der Waals surface area contributed by atoms with E-state index in [0.717, 1.165) is 70.6 Å². The third-order valence-corrected chi connectivity index (χ3v) is 11.6. The van der Waals surface area contributed by atoms with Crippen molar-refractivity contribution in [2.24, 2.45) is 0 Å². The van der Waals surface area contributed by atoms with Crippen LogP contribution in [0, 0.1) is 0 Å². The Kier molecular flexibility index (Phi) is 49.8. The quantitative estimate of drug-likeness (QED) is 0.0422. The van der Waals surface area contributed by atoms with Gasteiger partial charge >= 0.3 is 0 Å². The van der Waals surface area contributed by atoms with Crippen molar-refractivity contribution in [3.05, 3.63) is 85.1 Å². The van der Waals surface area contributed by atoms with Crippen LogP contribution in [-0.4, -0.2) is 34.9 Å². The van der Waals surface area contributed by atoms with Crippen molar-refractivity contribution in [1.82, 2.24) is 5.32 Å². The lowest BCUT2D eigenvalue weighted by molar-refractivity contribution is -0.123. The summed E-state index contributed by atoms with van der Waals surface area (Å²) in [4.78, 5) is 12.4. The van der Waals surface area contributed by atoms with Crippen LogP contribution in [0.15, 0.2) is 85.1 Å². The van der Waals surface area contributed by atoms with Gasteiger partial charge in [0.2, 0.25) is 5.91 Å². The molecule has 0 aliphatic heterocycles. The summed E-state index contributed by atoms with van der Waals surface area (Å²) in [5.41, 5.74) is 0. The van der Waals surface area contributed by atoms with Gasteiger partial charge in [-0.1, -0.05) is 253 Å². The molecule has 1 amide bonds. The highest BCUT2D eigenvalue weighted by Gasteiger charge is 2.17. The maximum atomic E-state index is 12.4. The Bertz CT molecular complexity index is 1100. The van der Waals surface area contributed by atoms with Crippen molar-refractivity contribution < 1.29 is 15.0 Å². The van der Waals surface area contributed by atoms with E-state index in [1.165, 1.54) is 161 Å². The first-order chi connectivity index (χ1) is 30.2. The average Bonchev–Trinajstić information content (AvgIpc) is 3.26. The molecule has 0 aliphatic rings. The van der Waals surface area contributed by atoms with E-state index >= 15 is 0 Å². The number of hydrogen-bond donors (Lipinski definition) is 3. The van der Waals surface area contributed by atoms with E-state index in [0.29, 0.717) is 6.42 Å². The van der Waals surface area contributed by atoms with Crippen LogP contribution >= 0.6 is 0 Å². The van der Waals surface area contributed by atoms with Crippen LogP contribution in [0.2, 0.25) is 0 Å². The summed E-state index contributed by atoms with van der Waals surface area (Å²) in [5, 5.41) is 22.9. The van der Waals surface area contributed by atoms with Gasteiger partial charge in [-0.2, -0.15) is 0 Å². The minimum atomic E-state index is -0.869. The van der Waals surface area contributed by atoms with Gasteiger partial charge in [-0.25, -0.2) is 0 Å². The molecule has 0 saturated heterocycles. The second-order valence-electron chi connectivity index (χ2n) is 17.5. The minimum Gasteiger partial charge on any atom is -0.394 e. The van der Waals surface area contributed by atoms with Crippen LogP contribution in [0.1, 0.15) is 251 Å². The van der Waals surface area contributed by atoms with E-state index in [4.69, 9.17) is 0 Å². The summed E-state index contributed by atoms with van der Waals surface area (Å²) in [5.74, 6) is -0.0792. The lowest BCUT2D eigenvalue weighted by Gasteiger charge is -2.19. The Morgan fingerprint density at radius 1 is 0.393 bits per heavy atom. The molecule has 4 nitrogen and oxygen atoms in total. The Balaban J connectivity index is 3.39. The standard InChI is InChI=1S/C57H101NO3/c1-3-5-7-9-11-13-15-16-17-18-19-20-21-22-23-24-25-26-27-28-29-30-31-32-33-34-35-36-37-38-39-40-41-42-43-45-47-49-51-53-57(61)58-55(54-59)56(60)52-50-48-46-44-14-12-10-8-6-4-2/h5-8,11,13-14,16-17,19-20,44,50,52,55-56,59-60H,3-4,9-10,12,15,18,21-43,45-49,51,53-54H2,1-2H3,(H,58,61)/b7-5-,8-6+,13-11-,17-16-,20-19-,44-14+,52-50+. The lowest BCUT2D eigenvalue weighted by Crippen LogP contribution is -2.45. The number of carbonyl (C=O) groups excluding carboxylic acids is 1. The number of allylic oxidation sites excluding steroid dienone is 13. The molecule has 2 unspecified atom stereocenters. The first-order valence-electron chi connectivity index (χ1n) is 26.3. The first kappa shape index (κ1) is 58.6. The molecule has 61 heavy (non-hydrogen) atoms. The number of hydrogen-bond acceptors (Lipinski definition) is 3. The second-order valence-corrected chi connectivity index (χ2v) is 17.5. The fraction of sp³-hybridized carbons (Fsp3) is 0.737. The van der Waals surface area contributed by atoms with Gasteiger partial charge in [-0.05, 0) is 77.0 Å². The normalized spacial score (nSPS) is 13.6. The number of nitrogens with one attached hydrogen (secondary N) is 1. The van der Waals surface area contributed by atoms with Crippen molar-refractivity contribution in [3.8, 4) is 0 Å². The predicted octanol–water partition coefficient (Wildman–Crippen LogP) is 17.2. The van der Waals surface area contributed by atoms with Crippen LogP contribution in [0.25, 0.3) is 0 Å². The molecule has 0 aromatic rings. The van der Waals surface area contributed by atoms with Crippen LogP contribution in [0.5, 0.6) is 0 Å². The largest absolute Gasteiger partial charge is 0.394 e. The molecule has 0 aromatic carbocycles. The van der Waals surface area contributed by atoms with Gasteiger partial charge in [0.25, 0.3) is 0 Å². The Morgan fingerprint density at radius 2 is 0.689 bits per heavy atom. The molecule has 0 bridgehead atoms. The highest BCUT2D eigenvalue weighted by molar-refractivity contribution is 5.76. The molecule has 2 atom stereocenters. The maximum Gasteiger partial charge on any atom is 0.220 e. The summed E-state index contributed by atoms with van der Waals surface area (Å²) in [6.45, 7) is 4.06. The molecule has 352 valence electrons. The summed E-state index contributed by atoms with van der Waals surface area (Å²) in [7, 11) is 0. The molecule has 0 radical (unpaired) electrons. The van der Waals surface area contributed by atoms with E-state index < -0.39 is 12.1 Å². The Labute approximate surface area is 380 Å². The van der Waals surface area contributed by atoms with Crippen molar-refractivity contribution in [2.45, 2.75) is 264 Å². The lowest BCUT2D eigenvalue weighted by atomic mass is 10.0. The molecule has 3 N–H and O–H groups in total. The fourth-order valence-corrected chi connectivity index (χ4v) is 7.68. The van der Waals surface area contributed by atoms with Gasteiger partial charge in [0.1, 0.15) is 0 Å². The third kappa shape index (κ3) is 48.5. The second kappa shape index (κ2) is 51.9. The van der Waals surface area contributed by atoms with Crippen molar-refractivity contribution in [3.63, 3.8) is 0 Å². The molecule has 0 aromatic heterocycles. The van der Waals surface area contributed by atoms with E-state index in [-0.39, 0.29) is 12.5 Å². The zero-order valence-corrected chi connectivity index (χ0v) is 40.4. The number of aliphatic hydroxyl groups is 2. The number of rotatable bonds is 47. The average molecular weight is 848 g/mol. The van der Waals surface area contributed by atoms with Gasteiger partial charge < -0.3 is 15.5 Å². The highest BCUT2D eigenvalue weighted by Crippen LogP contribution is 2.17. The molecular weight excluding hydrogens is 747 g/mol. The Morgan fingerprint density at radius 3 is 1.08 bits per heavy atom. The van der Waals surface area contributed by atoms with E-state index in [2.05, 4.69) is 92.1 Å². The zero-order valence-electron chi connectivity index (χ0n) is 40.4. The van der Waals surface area contributed by atoms with Crippen LogP contribution in [-0.2, 0) is 4.79 Å². The summed E-state index contributed by atoms with van der Waals surface area (Å²) < 4.78 is 0. The van der Waals surface area contributed by atoms with E-state index in [1.54, 1.807) is 6.08 Å². The molecular formula is C57H101NO3. The molecule has 0 fully saturated rings. The Hall–Kier alpha value is -2.43. The number of carbonyl (C=O) groups is 1. The highest BCUT2D eigenvalue weighted by atomic mass is 16.3.